The molecule has 0 bridgehead atoms. The molecular formula is C9H7Cl2F3O. The van der Waals surface area contributed by atoms with E-state index in [0.29, 0.717) is 0 Å². The number of aliphatic hydroxyl groups is 1. The van der Waals surface area contributed by atoms with Gasteiger partial charge < -0.3 is 5.11 Å². The molecule has 1 aromatic carbocycles. The summed E-state index contributed by atoms with van der Waals surface area (Å²) in [5, 5.41) is 9.26. The van der Waals surface area contributed by atoms with E-state index in [4.69, 9.17) is 28.3 Å². The van der Waals surface area contributed by atoms with Crippen molar-refractivity contribution in [1.29, 1.82) is 0 Å². The fourth-order valence-corrected chi connectivity index (χ4v) is 1.41. The van der Waals surface area contributed by atoms with Gasteiger partial charge in [0.25, 0.3) is 0 Å². The van der Waals surface area contributed by atoms with Gasteiger partial charge in [-0.15, -0.1) is 0 Å². The highest BCUT2D eigenvalue weighted by Crippen LogP contribution is 2.27. The molecule has 0 radical (unpaired) electrons. The number of hydrogen-bond donors (Lipinski definition) is 1. The first-order valence-electron chi connectivity index (χ1n) is 3.99. The maximum Gasteiger partial charge on any atom is 0.414 e. The SMILES string of the molecule is OC(Cc1cc(Cl)ccc1Cl)C(F)(F)F. The minimum Gasteiger partial charge on any atom is -0.383 e. The summed E-state index contributed by atoms with van der Waals surface area (Å²) in [7, 11) is 0. The third-order valence-electron chi connectivity index (χ3n) is 1.80. The maximum atomic E-state index is 12.0. The van der Waals surface area contributed by atoms with Gasteiger partial charge in [0, 0.05) is 16.5 Å². The molecule has 0 aliphatic carbocycles. The average Bonchev–Trinajstić information content (AvgIpc) is 2.09. The van der Waals surface area contributed by atoms with Crippen LogP contribution < -0.4 is 0 Å². The first kappa shape index (κ1) is 12.6. The molecule has 0 aromatic heterocycles. The smallest absolute Gasteiger partial charge is 0.383 e. The van der Waals surface area contributed by atoms with Crippen LogP contribution in [0.25, 0.3) is 0 Å². The standard InChI is InChI=1S/C9H7Cl2F3O/c10-6-1-2-7(11)5(3-6)4-8(15)9(12,13)14/h1-3,8,15H,4H2. The van der Waals surface area contributed by atoms with Crippen LogP contribution in [0.3, 0.4) is 0 Å². The Bertz CT molecular complexity index is 352. The zero-order valence-electron chi connectivity index (χ0n) is 7.35. The van der Waals surface area contributed by atoms with Gasteiger partial charge in [-0.25, -0.2) is 0 Å². The van der Waals surface area contributed by atoms with Gasteiger partial charge in [-0.1, -0.05) is 23.2 Å². The Kier molecular flexibility index (Phi) is 3.87. The van der Waals surface area contributed by atoms with Gasteiger partial charge in [-0.05, 0) is 23.8 Å². The summed E-state index contributed by atoms with van der Waals surface area (Å²) in [5.41, 5.74) is 0.175. The summed E-state index contributed by atoms with van der Waals surface area (Å²) in [5.74, 6) is 0. The minimum absolute atomic E-state index is 0.155. The first-order valence-corrected chi connectivity index (χ1v) is 4.75. The summed E-state index contributed by atoms with van der Waals surface area (Å²) >= 11 is 11.2. The molecular weight excluding hydrogens is 252 g/mol. The van der Waals surface area contributed by atoms with Gasteiger partial charge in [-0.2, -0.15) is 13.2 Å². The van der Waals surface area contributed by atoms with Crippen molar-refractivity contribution in [3.8, 4) is 0 Å². The second-order valence-corrected chi connectivity index (χ2v) is 3.84. The lowest BCUT2D eigenvalue weighted by molar-refractivity contribution is -0.203. The quantitative estimate of drug-likeness (QED) is 0.862. The molecule has 0 amide bonds. The van der Waals surface area contributed by atoms with Crippen molar-refractivity contribution in [2.75, 3.05) is 0 Å². The molecule has 0 spiro atoms. The fourth-order valence-electron chi connectivity index (χ4n) is 1.02. The number of benzene rings is 1. The molecule has 1 unspecified atom stereocenters. The fraction of sp³-hybridized carbons (Fsp3) is 0.333. The summed E-state index contributed by atoms with van der Waals surface area (Å²) in [6.45, 7) is 0. The van der Waals surface area contributed by atoms with E-state index in [1.54, 1.807) is 0 Å². The van der Waals surface area contributed by atoms with Crippen molar-refractivity contribution in [2.24, 2.45) is 0 Å². The minimum atomic E-state index is -4.65. The van der Waals surface area contributed by atoms with Crippen molar-refractivity contribution in [1.82, 2.24) is 0 Å². The Labute approximate surface area is 94.4 Å². The van der Waals surface area contributed by atoms with Crippen LogP contribution in [-0.2, 0) is 6.42 Å². The highest BCUT2D eigenvalue weighted by molar-refractivity contribution is 6.33. The third kappa shape index (κ3) is 3.55. The van der Waals surface area contributed by atoms with E-state index in [1.165, 1.54) is 18.2 Å². The van der Waals surface area contributed by atoms with Crippen molar-refractivity contribution in [2.45, 2.75) is 18.7 Å². The van der Waals surface area contributed by atoms with E-state index in [0.717, 1.165) is 0 Å². The summed E-state index contributed by atoms with van der Waals surface area (Å²) in [4.78, 5) is 0. The molecule has 0 saturated heterocycles. The van der Waals surface area contributed by atoms with E-state index < -0.39 is 18.7 Å². The van der Waals surface area contributed by atoms with Crippen LogP contribution in [0.4, 0.5) is 13.2 Å². The molecule has 0 aliphatic heterocycles. The Morgan fingerprint density at radius 2 is 1.87 bits per heavy atom. The van der Waals surface area contributed by atoms with Gasteiger partial charge >= 0.3 is 6.18 Å². The van der Waals surface area contributed by atoms with Crippen molar-refractivity contribution >= 4 is 23.2 Å². The summed E-state index contributed by atoms with van der Waals surface area (Å²) in [6, 6.07) is 4.16. The number of rotatable bonds is 2. The van der Waals surface area contributed by atoms with E-state index in [-0.39, 0.29) is 15.6 Å². The average molecular weight is 259 g/mol. The predicted octanol–water partition coefficient (Wildman–Crippen LogP) is 3.46. The lowest BCUT2D eigenvalue weighted by Gasteiger charge is -2.15. The molecule has 15 heavy (non-hydrogen) atoms. The Balaban J connectivity index is 2.85. The molecule has 0 saturated carbocycles. The van der Waals surface area contributed by atoms with Gasteiger partial charge in [0.1, 0.15) is 0 Å². The number of halogens is 5. The van der Waals surface area contributed by atoms with E-state index >= 15 is 0 Å². The Morgan fingerprint density at radius 3 is 2.40 bits per heavy atom. The van der Waals surface area contributed by atoms with E-state index in [2.05, 4.69) is 0 Å². The molecule has 1 nitrogen and oxygen atoms in total. The van der Waals surface area contributed by atoms with Crippen LogP contribution in [0.1, 0.15) is 5.56 Å². The molecule has 0 fully saturated rings. The predicted molar refractivity (Wildman–Crippen MR) is 52.2 cm³/mol. The molecule has 1 N–H and O–H groups in total. The van der Waals surface area contributed by atoms with E-state index in [1.807, 2.05) is 0 Å². The van der Waals surface area contributed by atoms with Crippen molar-refractivity contribution < 1.29 is 18.3 Å². The van der Waals surface area contributed by atoms with Gasteiger partial charge in [-0.3, -0.25) is 0 Å². The van der Waals surface area contributed by atoms with Crippen LogP contribution in [0, 0.1) is 0 Å². The first-order chi connectivity index (χ1) is 6.80. The highest BCUT2D eigenvalue weighted by Gasteiger charge is 2.38. The normalized spacial score (nSPS) is 14.0. The lowest BCUT2D eigenvalue weighted by Crippen LogP contribution is -2.30. The van der Waals surface area contributed by atoms with E-state index in [9.17, 15) is 13.2 Å². The molecule has 1 rings (SSSR count). The van der Waals surface area contributed by atoms with Crippen molar-refractivity contribution in [3.63, 3.8) is 0 Å². The molecule has 84 valence electrons. The van der Waals surface area contributed by atoms with Crippen LogP contribution in [0.5, 0.6) is 0 Å². The lowest BCUT2D eigenvalue weighted by atomic mass is 10.1. The van der Waals surface area contributed by atoms with Gasteiger partial charge in [0.2, 0.25) is 0 Å². The monoisotopic (exact) mass is 258 g/mol. The zero-order chi connectivity index (χ0) is 11.6. The molecule has 0 aliphatic rings. The van der Waals surface area contributed by atoms with Crippen LogP contribution in [0.2, 0.25) is 10.0 Å². The molecule has 1 atom stereocenters. The van der Waals surface area contributed by atoms with Gasteiger partial charge in [0.05, 0.1) is 0 Å². The van der Waals surface area contributed by atoms with Crippen LogP contribution >= 0.6 is 23.2 Å². The third-order valence-corrected chi connectivity index (χ3v) is 2.40. The topological polar surface area (TPSA) is 20.2 Å². The molecule has 0 heterocycles. The molecule has 6 heteroatoms. The number of aliphatic hydroxyl groups excluding tert-OH is 1. The summed E-state index contributed by atoms with van der Waals surface area (Å²) < 4.78 is 36.1. The number of hydrogen-bond acceptors (Lipinski definition) is 1. The largest absolute Gasteiger partial charge is 0.414 e. The summed E-state index contributed by atoms with van der Waals surface area (Å²) in [6.07, 6.45) is -7.66. The second kappa shape index (κ2) is 4.60. The second-order valence-electron chi connectivity index (χ2n) is 3.00. The molecule has 1 aromatic rings. The van der Waals surface area contributed by atoms with Gasteiger partial charge in [0.15, 0.2) is 6.10 Å². The Hall–Kier alpha value is -0.450. The Morgan fingerprint density at radius 1 is 1.27 bits per heavy atom. The zero-order valence-corrected chi connectivity index (χ0v) is 8.87. The number of alkyl halides is 3. The highest BCUT2D eigenvalue weighted by atomic mass is 35.5. The van der Waals surface area contributed by atoms with Crippen LogP contribution in [0.15, 0.2) is 18.2 Å². The maximum absolute atomic E-state index is 12.0. The van der Waals surface area contributed by atoms with Crippen LogP contribution in [-0.4, -0.2) is 17.4 Å². The van der Waals surface area contributed by atoms with Crippen molar-refractivity contribution in [3.05, 3.63) is 33.8 Å².